The largest absolute Gasteiger partial charge is 0.464 e. The van der Waals surface area contributed by atoms with Crippen LogP contribution in [0.5, 0.6) is 0 Å². The van der Waals surface area contributed by atoms with Crippen LogP contribution >= 0.6 is 69.6 Å². The molecule has 2 saturated carbocycles. The van der Waals surface area contributed by atoms with Gasteiger partial charge in [0, 0.05) is 6.92 Å². The molecule has 154 valence electrons. The standard InChI is InChI=1S/C17H15Cl6NO4/c1-6(25)28-3-2-24-13(26)7-4-9-10(5-8(7)14(24)27)16(21)12(19)11(18)15(9,20)17(16,22)23/h7-10H,2-5H2,1H3/t7-,8-,9+,10+,15-,16-/m0/s1. The number of fused-ring (bicyclic) bond motifs is 6. The highest BCUT2D eigenvalue weighted by atomic mass is 35.5. The predicted molar refractivity (Wildman–Crippen MR) is 107 cm³/mol. The Morgan fingerprint density at radius 2 is 1.43 bits per heavy atom. The molecule has 0 aromatic heterocycles. The van der Waals surface area contributed by atoms with Crippen LogP contribution in [-0.2, 0) is 19.1 Å². The van der Waals surface area contributed by atoms with Gasteiger partial charge in [-0.3, -0.25) is 19.3 Å². The normalized spacial score (nSPS) is 43.5. The topological polar surface area (TPSA) is 63.7 Å². The van der Waals surface area contributed by atoms with Crippen LogP contribution in [0.2, 0.25) is 0 Å². The summed E-state index contributed by atoms with van der Waals surface area (Å²) in [6.45, 7) is 1.21. The van der Waals surface area contributed by atoms with Gasteiger partial charge < -0.3 is 4.74 Å². The number of nitrogens with zero attached hydrogens (tertiary/aromatic N) is 1. The van der Waals surface area contributed by atoms with Crippen LogP contribution < -0.4 is 0 Å². The van der Waals surface area contributed by atoms with E-state index in [1.165, 1.54) is 6.92 Å². The fourth-order valence-corrected chi connectivity index (χ4v) is 8.40. The van der Waals surface area contributed by atoms with E-state index in [1.807, 2.05) is 0 Å². The molecule has 2 bridgehead atoms. The average molecular weight is 510 g/mol. The van der Waals surface area contributed by atoms with Gasteiger partial charge in [-0.25, -0.2) is 0 Å². The van der Waals surface area contributed by atoms with E-state index in [1.54, 1.807) is 0 Å². The van der Waals surface area contributed by atoms with Crippen molar-refractivity contribution in [3.63, 3.8) is 0 Å². The third-order valence-electron chi connectivity index (χ3n) is 6.54. The summed E-state index contributed by atoms with van der Waals surface area (Å²) in [5, 5.41) is 0.193. The Bertz CT molecular complexity index is 776. The molecule has 4 rings (SSSR count). The Kier molecular flexibility index (Phi) is 4.98. The van der Waals surface area contributed by atoms with Crippen LogP contribution in [-0.4, -0.2) is 49.9 Å². The zero-order valence-corrected chi connectivity index (χ0v) is 19.0. The Morgan fingerprint density at radius 1 is 1.00 bits per heavy atom. The van der Waals surface area contributed by atoms with Crippen molar-refractivity contribution in [2.24, 2.45) is 23.7 Å². The summed E-state index contributed by atoms with van der Waals surface area (Å²) in [7, 11) is 0. The van der Waals surface area contributed by atoms with Gasteiger partial charge in [0.15, 0.2) is 4.33 Å². The van der Waals surface area contributed by atoms with E-state index >= 15 is 0 Å². The van der Waals surface area contributed by atoms with E-state index in [0.717, 1.165) is 4.90 Å². The molecule has 0 N–H and O–H groups in total. The highest BCUT2D eigenvalue weighted by Gasteiger charge is 2.83. The first kappa shape index (κ1) is 21.3. The van der Waals surface area contributed by atoms with E-state index in [4.69, 9.17) is 74.3 Å². The summed E-state index contributed by atoms with van der Waals surface area (Å²) in [6, 6.07) is 0. The van der Waals surface area contributed by atoms with Crippen LogP contribution in [0.15, 0.2) is 10.1 Å². The predicted octanol–water partition coefficient (Wildman–Crippen LogP) is 4.02. The van der Waals surface area contributed by atoms with Crippen molar-refractivity contribution < 1.29 is 19.1 Å². The minimum Gasteiger partial charge on any atom is -0.464 e. The summed E-state index contributed by atoms with van der Waals surface area (Å²) in [6.07, 6.45) is 0.535. The lowest BCUT2D eigenvalue weighted by Crippen LogP contribution is -2.44. The lowest BCUT2D eigenvalue weighted by molar-refractivity contribution is -0.147. The minimum atomic E-state index is -1.67. The summed E-state index contributed by atoms with van der Waals surface area (Å²) in [5.74, 6) is -3.11. The van der Waals surface area contributed by atoms with Crippen LogP contribution in [0.3, 0.4) is 0 Å². The zero-order valence-electron chi connectivity index (χ0n) is 14.5. The first-order chi connectivity index (χ1) is 12.9. The van der Waals surface area contributed by atoms with Gasteiger partial charge in [-0.1, -0.05) is 46.4 Å². The van der Waals surface area contributed by atoms with Crippen LogP contribution in [0.4, 0.5) is 0 Å². The smallest absolute Gasteiger partial charge is 0.302 e. The van der Waals surface area contributed by atoms with Gasteiger partial charge >= 0.3 is 5.97 Å². The number of hydrogen-bond donors (Lipinski definition) is 0. The Hall–Kier alpha value is 0.0900. The van der Waals surface area contributed by atoms with E-state index in [2.05, 4.69) is 0 Å². The SMILES string of the molecule is CC(=O)OCCN1C(=O)[C@H]2C[C@@H]3[C@@H](C[C@@H]2C1=O)[C@]1(Cl)C(Cl)=C(Cl)[C@]3(Cl)C1(Cl)Cl. The molecule has 4 aliphatic rings. The first-order valence-corrected chi connectivity index (χ1v) is 11.0. The molecule has 3 fully saturated rings. The maximum Gasteiger partial charge on any atom is 0.302 e. The molecule has 3 aliphatic carbocycles. The number of ether oxygens (including phenoxy) is 1. The number of carbonyl (C=O) groups excluding carboxylic acids is 3. The van der Waals surface area contributed by atoms with Gasteiger partial charge in [-0.05, 0) is 24.7 Å². The lowest BCUT2D eigenvalue weighted by atomic mass is 9.65. The minimum absolute atomic E-state index is 0.00628. The van der Waals surface area contributed by atoms with Crippen molar-refractivity contribution in [3.8, 4) is 0 Å². The molecule has 1 aliphatic heterocycles. The maximum absolute atomic E-state index is 12.9. The van der Waals surface area contributed by atoms with Gasteiger partial charge in [-0.15, -0.1) is 23.2 Å². The Morgan fingerprint density at radius 3 is 1.82 bits per heavy atom. The van der Waals surface area contributed by atoms with Crippen molar-refractivity contribution in [3.05, 3.63) is 10.1 Å². The van der Waals surface area contributed by atoms with Gasteiger partial charge in [-0.2, -0.15) is 0 Å². The molecule has 0 aromatic rings. The number of alkyl halides is 4. The number of halogens is 6. The lowest BCUT2D eigenvalue weighted by Gasteiger charge is -2.42. The molecule has 2 amide bonds. The van der Waals surface area contributed by atoms with E-state index in [-0.39, 0.29) is 47.9 Å². The van der Waals surface area contributed by atoms with Crippen molar-refractivity contribution in [2.45, 2.75) is 33.8 Å². The fraction of sp³-hybridized carbons (Fsp3) is 0.706. The van der Waals surface area contributed by atoms with E-state index in [9.17, 15) is 14.4 Å². The van der Waals surface area contributed by atoms with Crippen LogP contribution in [0.1, 0.15) is 19.8 Å². The third-order valence-corrected chi connectivity index (χ3v) is 10.9. The number of hydrogen-bond acceptors (Lipinski definition) is 4. The molecule has 5 nitrogen and oxygen atoms in total. The molecule has 0 unspecified atom stereocenters. The molecular formula is C17H15Cl6NO4. The highest BCUT2D eigenvalue weighted by Crippen LogP contribution is 2.79. The van der Waals surface area contributed by atoms with Crippen molar-refractivity contribution in [1.29, 1.82) is 0 Å². The summed E-state index contributed by atoms with van der Waals surface area (Å²) >= 11 is 39.6. The fourth-order valence-electron chi connectivity index (χ4n) is 5.29. The van der Waals surface area contributed by atoms with Crippen molar-refractivity contribution >= 4 is 87.4 Å². The number of rotatable bonds is 3. The Balaban J connectivity index is 1.64. The molecule has 6 atom stereocenters. The molecule has 0 radical (unpaired) electrons. The second-order valence-electron chi connectivity index (χ2n) is 7.69. The molecule has 0 aromatic carbocycles. The third kappa shape index (κ3) is 2.32. The monoisotopic (exact) mass is 507 g/mol. The van der Waals surface area contributed by atoms with E-state index in [0.29, 0.717) is 0 Å². The van der Waals surface area contributed by atoms with Gasteiger partial charge in [0.25, 0.3) is 0 Å². The molecule has 1 saturated heterocycles. The van der Waals surface area contributed by atoms with Gasteiger partial charge in [0.2, 0.25) is 11.8 Å². The van der Waals surface area contributed by atoms with Crippen LogP contribution in [0.25, 0.3) is 0 Å². The molecule has 1 heterocycles. The molecular weight excluding hydrogens is 495 g/mol. The van der Waals surface area contributed by atoms with Crippen LogP contribution in [0, 0.1) is 23.7 Å². The second kappa shape index (κ2) is 6.54. The van der Waals surface area contributed by atoms with Gasteiger partial charge in [0.05, 0.1) is 28.4 Å². The Labute approximate surface area is 191 Å². The summed E-state index contributed by atoms with van der Waals surface area (Å²) in [5.41, 5.74) is 0. The quantitative estimate of drug-likeness (QED) is 0.327. The molecule has 28 heavy (non-hydrogen) atoms. The van der Waals surface area contributed by atoms with Gasteiger partial charge in [0.1, 0.15) is 16.4 Å². The number of allylic oxidation sites excluding steroid dienone is 2. The number of amides is 2. The van der Waals surface area contributed by atoms with Crippen molar-refractivity contribution in [2.75, 3.05) is 13.2 Å². The van der Waals surface area contributed by atoms with Crippen molar-refractivity contribution in [1.82, 2.24) is 4.90 Å². The zero-order chi connectivity index (χ0) is 20.8. The number of likely N-dealkylation sites (tertiary alicyclic amines) is 1. The van der Waals surface area contributed by atoms with E-state index < -0.39 is 43.7 Å². The molecule has 11 heteroatoms. The second-order valence-corrected chi connectivity index (χ2v) is 11.0. The number of esters is 1. The average Bonchev–Trinajstić information content (AvgIpc) is 2.98. The first-order valence-electron chi connectivity index (χ1n) is 8.71. The highest BCUT2D eigenvalue weighted by molar-refractivity contribution is 6.65. The molecule has 0 spiro atoms. The number of imide groups is 1. The maximum atomic E-state index is 12.9. The number of carbonyl (C=O) groups is 3. The summed E-state index contributed by atoms with van der Waals surface area (Å²) in [4.78, 5) is 34.9. The summed E-state index contributed by atoms with van der Waals surface area (Å²) < 4.78 is 3.18.